The second kappa shape index (κ2) is 6.61. The van der Waals surface area contributed by atoms with Crippen LogP contribution in [0.25, 0.3) is 12.2 Å². The maximum atomic E-state index is 11.2. The molecule has 108 valence electrons. The van der Waals surface area contributed by atoms with Crippen molar-refractivity contribution in [2.75, 3.05) is 0 Å². The van der Waals surface area contributed by atoms with Gasteiger partial charge in [0.25, 0.3) is 0 Å². The van der Waals surface area contributed by atoms with E-state index in [4.69, 9.17) is 4.74 Å². The zero-order valence-electron chi connectivity index (χ0n) is 11.6. The third-order valence-electron chi connectivity index (χ3n) is 2.79. The smallest absolute Gasteiger partial charge is 0.310 e. The van der Waals surface area contributed by atoms with Crippen LogP contribution in [0.4, 0.5) is 0 Å². The van der Waals surface area contributed by atoms with E-state index in [9.17, 15) is 15.0 Å². The Morgan fingerprint density at radius 1 is 1.00 bits per heavy atom. The lowest BCUT2D eigenvalue weighted by Crippen LogP contribution is -2.05. The van der Waals surface area contributed by atoms with Crippen molar-refractivity contribution in [1.29, 1.82) is 0 Å². The summed E-state index contributed by atoms with van der Waals surface area (Å²) >= 11 is 0. The summed E-state index contributed by atoms with van der Waals surface area (Å²) in [6.07, 6.45) is 3.94. The SMILES string of the molecule is CCC(=O)Oc1ccc(/C=C/c2cc(O)cc(O)c2)cc1. The van der Waals surface area contributed by atoms with Gasteiger partial charge in [0.15, 0.2) is 0 Å². The zero-order chi connectivity index (χ0) is 15.2. The Bertz CT molecular complexity index is 637. The highest BCUT2D eigenvalue weighted by Crippen LogP contribution is 2.22. The predicted octanol–water partition coefficient (Wildman–Crippen LogP) is 3.58. The first-order valence-corrected chi connectivity index (χ1v) is 6.58. The van der Waals surface area contributed by atoms with Crippen molar-refractivity contribution in [3.05, 3.63) is 53.6 Å². The number of benzene rings is 2. The number of ether oxygens (including phenoxy) is 1. The van der Waals surface area contributed by atoms with Gasteiger partial charge in [-0.15, -0.1) is 0 Å². The van der Waals surface area contributed by atoms with Crippen molar-refractivity contribution in [3.8, 4) is 17.2 Å². The Hall–Kier alpha value is -2.75. The summed E-state index contributed by atoms with van der Waals surface area (Å²) in [4.78, 5) is 11.2. The Balaban J connectivity index is 2.09. The van der Waals surface area contributed by atoms with Gasteiger partial charge in [0, 0.05) is 12.5 Å². The molecule has 4 heteroatoms. The second-order valence-electron chi connectivity index (χ2n) is 4.51. The molecule has 0 amide bonds. The van der Waals surface area contributed by atoms with E-state index in [2.05, 4.69) is 0 Å². The first-order valence-electron chi connectivity index (χ1n) is 6.58. The van der Waals surface area contributed by atoms with Crippen LogP contribution in [-0.4, -0.2) is 16.2 Å². The average Bonchev–Trinajstić information content (AvgIpc) is 2.45. The van der Waals surface area contributed by atoms with Crippen LogP contribution in [0.1, 0.15) is 24.5 Å². The topological polar surface area (TPSA) is 66.8 Å². The molecule has 0 fully saturated rings. The quantitative estimate of drug-likeness (QED) is 0.511. The molecule has 0 bridgehead atoms. The second-order valence-corrected chi connectivity index (χ2v) is 4.51. The van der Waals surface area contributed by atoms with Gasteiger partial charge in [-0.3, -0.25) is 4.79 Å². The molecule has 2 aromatic rings. The summed E-state index contributed by atoms with van der Waals surface area (Å²) in [5, 5.41) is 18.8. The van der Waals surface area contributed by atoms with Crippen LogP contribution in [0, 0.1) is 0 Å². The maximum Gasteiger partial charge on any atom is 0.310 e. The first kappa shape index (κ1) is 14.7. The lowest BCUT2D eigenvalue weighted by molar-refractivity contribution is -0.134. The molecule has 0 aliphatic rings. The average molecular weight is 284 g/mol. The third-order valence-corrected chi connectivity index (χ3v) is 2.79. The molecule has 2 N–H and O–H groups in total. The van der Waals surface area contributed by atoms with Gasteiger partial charge in [-0.2, -0.15) is 0 Å². The molecule has 0 atom stereocenters. The fraction of sp³-hybridized carbons (Fsp3) is 0.118. The summed E-state index contributed by atoms with van der Waals surface area (Å²) in [5.41, 5.74) is 1.60. The van der Waals surface area contributed by atoms with Crippen molar-refractivity contribution < 1.29 is 19.7 Å². The van der Waals surface area contributed by atoms with Crippen molar-refractivity contribution in [2.24, 2.45) is 0 Å². The van der Waals surface area contributed by atoms with Gasteiger partial charge in [0.05, 0.1) is 0 Å². The largest absolute Gasteiger partial charge is 0.508 e. The molecule has 2 aromatic carbocycles. The number of aromatic hydroxyl groups is 2. The van der Waals surface area contributed by atoms with Crippen molar-refractivity contribution >= 4 is 18.1 Å². The summed E-state index contributed by atoms with van der Waals surface area (Å²) < 4.78 is 5.08. The Kier molecular flexibility index (Phi) is 4.61. The predicted molar refractivity (Wildman–Crippen MR) is 81.1 cm³/mol. The minimum Gasteiger partial charge on any atom is -0.508 e. The molecule has 0 unspecified atom stereocenters. The standard InChI is InChI=1S/C17H16O4/c1-2-17(20)21-16-7-5-12(6-8-16)3-4-13-9-14(18)11-15(19)10-13/h3-11,18-19H,2H2,1H3/b4-3+. The van der Waals surface area contributed by atoms with Crippen molar-refractivity contribution in [3.63, 3.8) is 0 Å². The van der Waals surface area contributed by atoms with E-state index < -0.39 is 0 Å². The number of hydrogen-bond acceptors (Lipinski definition) is 4. The molecular formula is C17H16O4. The molecule has 0 spiro atoms. The van der Waals surface area contributed by atoms with Crippen LogP contribution in [0.2, 0.25) is 0 Å². The van der Waals surface area contributed by atoms with Gasteiger partial charge in [0.2, 0.25) is 0 Å². The minimum absolute atomic E-state index is 0.0106. The molecular weight excluding hydrogens is 268 g/mol. The van der Waals surface area contributed by atoms with Crippen molar-refractivity contribution in [2.45, 2.75) is 13.3 Å². The van der Waals surface area contributed by atoms with Gasteiger partial charge in [-0.25, -0.2) is 0 Å². The molecule has 21 heavy (non-hydrogen) atoms. The fourth-order valence-electron chi connectivity index (χ4n) is 1.76. The molecule has 0 saturated heterocycles. The molecule has 4 nitrogen and oxygen atoms in total. The highest BCUT2D eigenvalue weighted by Gasteiger charge is 2.00. The summed E-state index contributed by atoms with van der Waals surface area (Å²) in [5.74, 6) is 0.260. The Morgan fingerprint density at radius 3 is 2.14 bits per heavy atom. The van der Waals surface area contributed by atoms with Crippen LogP contribution >= 0.6 is 0 Å². The number of phenols is 2. The van der Waals surface area contributed by atoms with Gasteiger partial charge < -0.3 is 14.9 Å². The van der Waals surface area contributed by atoms with Crippen LogP contribution in [0.5, 0.6) is 17.2 Å². The maximum absolute atomic E-state index is 11.2. The third kappa shape index (κ3) is 4.38. The van der Waals surface area contributed by atoms with E-state index in [1.54, 1.807) is 37.3 Å². The molecule has 0 aliphatic heterocycles. The van der Waals surface area contributed by atoms with E-state index >= 15 is 0 Å². The van der Waals surface area contributed by atoms with Gasteiger partial charge >= 0.3 is 5.97 Å². The number of carbonyl (C=O) groups is 1. The van der Waals surface area contributed by atoms with Gasteiger partial charge in [-0.1, -0.05) is 31.2 Å². The Labute approximate surface area is 122 Å². The number of phenolic OH excluding ortho intramolecular Hbond substituents is 2. The summed E-state index contributed by atoms with van der Waals surface area (Å²) in [7, 11) is 0. The van der Waals surface area contributed by atoms with E-state index in [-0.39, 0.29) is 17.5 Å². The molecule has 0 heterocycles. The molecule has 0 aliphatic carbocycles. The minimum atomic E-state index is -0.270. The zero-order valence-corrected chi connectivity index (χ0v) is 11.6. The van der Waals surface area contributed by atoms with E-state index in [0.29, 0.717) is 17.7 Å². The van der Waals surface area contributed by atoms with Crippen LogP contribution < -0.4 is 4.74 Å². The summed E-state index contributed by atoms with van der Waals surface area (Å²) in [6, 6.07) is 11.4. The Morgan fingerprint density at radius 2 is 1.57 bits per heavy atom. The van der Waals surface area contributed by atoms with E-state index in [1.165, 1.54) is 6.07 Å². The number of esters is 1. The molecule has 0 aromatic heterocycles. The van der Waals surface area contributed by atoms with Crippen molar-refractivity contribution in [1.82, 2.24) is 0 Å². The number of carbonyl (C=O) groups excluding carboxylic acids is 1. The highest BCUT2D eigenvalue weighted by molar-refractivity contribution is 5.73. The normalized spacial score (nSPS) is 10.7. The lowest BCUT2D eigenvalue weighted by Gasteiger charge is -2.02. The van der Waals surface area contributed by atoms with E-state index in [1.807, 2.05) is 18.2 Å². The van der Waals surface area contributed by atoms with Crippen LogP contribution in [-0.2, 0) is 4.79 Å². The van der Waals surface area contributed by atoms with E-state index in [0.717, 1.165) is 5.56 Å². The number of hydrogen-bond donors (Lipinski definition) is 2. The number of rotatable bonds is 4. The van der Waals surface area contributed by atoms with Gasteiger partial charge in [0.1, 0.15) is 17.2 Å². The first-order chi connectivity index (χ1) is 10.1. The van der Waals surface area contributed by atoms with Gasteiger partial charge in [-0.05, 0) is 35.4 Å². The molecule has 2 rings (SSSR count). The van der Waals surface area contributed by atoms with Crippen LogP contribution in [0.3, 0.4) is 0 Å². The monoisotopic (exact) mass is 284 g/mol. The molecule has 0 radical (unpaired) electrons. The lowest BCUT2D eigenvalue weighted by atomic mass is 10.1. The summed E-state index contributed by atoms with van der Waals surface area (Å²) in [6.45, 7) is 1.74. The fourth-order valence-corrected chi connectivity index (χ4v) is 1.76. The highest BCUT2D eigenvalue weighted by atomic mass is 16.5. The van der Waals surface area contributed by atoms with Crippen LogP contribution in [0.15, 0.2) is 42.5 Å². The molecule has 0 saturated carbocycles.